The van der Waals surface area contributed by atoms with Crippen LogP contribution in [0.2, 0.25) is 0 Å². The summed E-state index contributed by atoms with van der Waals surface area (Å²) in [5, 5.41) is 8.23. The standard InChI is InChI=1S/C5H8BrNO2/c6-3-1-2-4(7)5(8)9/h1,3-4H,2,7H2,(H,8,9)/b3-1+. The van der Waals surface area contributed by atoms with Gasteiger partial charge in [0.15, 0.2) is 0 Å². The van der Waals surface area contributed by atoms with E-state index in [1.165, 1.54) is 0 Å². The van der Waals surface area contributed by atoms with E-state index in [-0.39, 0.29) is 0 Å². The van der Waals surface area contributed by atoms with Crippen LogP contribution in [0.15, 0.2) is 11.1 Å². The second kappa shape index (κ2) is 4.52. The van der Waals surface area contributed by atoms with Crippen LogP contribution in [0.5, 0.6) is 0 Å². The Labute approximate surface area is 61.7 Å². The minimum atomic E-state index is -0.972. The number of carbonyl (C=O) groups is 1. The Balaban J connectivity index is 3.50. The summed E-state index contributed by atoms with van der Waals surface area (Å²) >= 11 is 3.00. The maximum Gasteiger partial charge on any atom is 0.320 e. The van der Waals surface area contributed by atoms with Gasteiger partial charge in [-0.05, 0) is 11.4 Å². The van der Waals surface area contributed by atoms with E-state index < -0.39 is 12.0 Å². The van der Waals surface area contributed by atoms with Gasteiger partial charge in [0.05, 0.1) is 0 Å². The number of nitrogens with two attached hydrogens (primary N) is 1. The van der Waals surface area contributed by atoms with Gasteiger partial charge in [0.25, 0.3) is 0 Å². The Morgan fingerprint density at radius 1 is 1.89 bits per heavy atom. The number of rotatable bonds is 3. The van der Waals surface area contributed by atoms with Crippen LogP contribution in [-0.2, 0) is 4.79 Å². The van der Waals surface area contributed by atoms with Gasteiger partial charge in [-0.25, -0.2) is 0 Å². The molecule has 0 spiro atoms. The molecule has 1 atom stereocenters. The van der Waals surface area contributed by atoms with E-state index in [1.807, 2.05) is 0 Å². The van der Waals surface area contributed by atoms with Crippen molar-refractivity contribution in [2.24, 2.45) is 5.73 Å². The Morgan fingerprint density at radius 3 is 2.78 bits per heavy atom. The van der Waals surface area contributed by atoms with E-state index in [1.54, 1.807) is 11.1 Å². The molecule has 3 nitrogen and oxygen atoms in total. The molecule has 3 N–H and O–H groups in total. The van der Waals surface area contributed by atoms with Crippen LogP contribution in [0.25, 0.3) is 0 Å². The van der Waals surface area contributed by atoms with Crippen molar-refractivity contribution in [3.05, 3.63) is 11.1 Å². The molecule has 0 aliphatic carbocycles. The van der Waals surface area contributed by atoms with E-state index >= 15 is 0 Å². The Bertz CT molecular complexity index is 124. The molecule has 1 unspecified atom stereocenters. The van der Waals surface area contributed by atoms with Crippen LogP contribution >= 0.6 is 15.9 Å². The van der Waals surface area contributed by atoms with E-state index in [2.05, 4.69) is 15.9 Å². The Kier molecular flexibility index (Phi) is 4.35. The number of carboxylic acid groups (broad SMARTS) is 1. The van der Waals surface area contributed by atoms with Gasteiger partial charge in [-0.3, -0.25) is 4.79 Å². The van der Waals surface area contributed by atoms with Crippen LogP contribution in [0.1, 0.15) is 6.42 Å². The zero-order valence-electron chi connectivity index (χ0n) is 4.75. The van der Waals surface area contributed by atoms with Crippen molar-refractivity contribution >= 4 is 21.9 Å². The smallest absolute Gasteiger partial charge is 0.320 e. The third-order valence-corrected chi connectivity index (χ3v) is 1.17. The molecular formula is C5H8BrNO2. The molecule has 0 fully saturated rings. The second-order valence-electron chi connectivity index (χ2n) is 1.54. The maximum absolute atomic E-state index is 10.0. The fraction of sp³-hybridized carbons (Fsp3) is 0.400. The molecule has 0 rings (SSSR count). The molecule has 0 aromatic heterocycles. The summed E-state index contributed by atoms with van der Waals surface area (Å²) in [6, 6.07) is -0.779. The number of aliphatic carboxylic acids is 1. The fourth-order valence-corrected chi connectivity index (χ4v) is 0.515. The Morgan fingerprint density at radius 2 is 2.44 bits per heavy atom. The van der Waals surface area contributed by atoms with Crippen molar-refractivity contribution in [2.75, 3.05) is 0 Å². The van der Waals surface area contributed by atoms with Gasteiger partial charge < -0.3 is 10.8 Å². The first kappa shape index (κ1) is 8.65. The SMILES string of the molecule is NC(C/C=C/Br)C(=O)O. The van der Waals surface area contributed by atoms with Gasteiger partial charge >= 0.3 is 5.97 Å². The van der Waals surface area contributed by atoms with Crippen molar-refractivity contribution in [3.63, 3.8) is 0 Å². The molecule has 0 bridgehead atoms. The minimum absolute atomic E-state index is 0.362. The van der Waals surface area contributed by atoms with Crippen LogP contribution < -0.4 is 5.73 Å². The molecule has 0 aromatic carbocycles. The van der Waals surface area contributed by atoms with Gasteiger partial charge in [-0.2, -0.15) is 0 Å². The lowest BCUT2D eigenvalue weighted by Gasteiger charge is -1.98. The highest BCUT2D eigenvalue weighted by Crippen LogP contribution is 1.92. The van der Waals surface area contributed by atoms with Crippen LogP contribution in [0.4, 0.5) is 0 Å². The van der Waals surface area contributed by atoms with Crippen molar-refractivity contribution in [3.8, 4) is 0 Å². The van der Waals surface area contributed by atoms with Crippen molar-refractivity contribution in [1.82, 2.24) is 0 Å². The molecule has 0 aliphatic heterocycles. The highest BCUT2D eigenvalue weighted by Gasteiger charge is 2.07. The topological polar surface area (TPSA) is 63.3 Å². The zero-order valence-corrected chi connectivity index (χ0v) is 6.34. The number of halogens is 1. The van der Waals surface area contributed by atoms with Crippen LogP contribution in [0, 0.1) is 0 Å². The van der Waals surface area contributed by atoms with Gasteiger partial charge in [0.2, 0.25) is 0 Å². The normalized spacial score (nSPS) is 14.0. The molecule has 0 saturated carbocycles. The monoisotopic (exact) mass is 193 g/mol. The third kappa shape index (κ3) is 4.17. The van der Waals surface area contributed by atoms with Crippen molar-refractivity contribution < 1.29 is 9.90 Å². The zero-order chi connectivity index (χ0) is 7.28. The Hall–Kier alpha value is -0.350. The number of carboxylic acids is 1. The van der Waals surface area contributed by atoms with Gasteiger partial charge in [-0.1, -0.05) is 22.0 Å². The summed E-state index contributed by atoms with van der Waals surface area (Å²) < 4.78 is 0. The summed E-state index contributed by atoms with van der Waals surface area (Å²) in [5.74, 6) is -0.972. The third-order valence-electron chi connectivity index (χ3n) is 0.796. The summed E-state index contributed by atoms with van der Waals surface area (Å²) in [5.41, 5.74) is 5.13. The second-order valence-corrected chi connectivity index (χ2v) is 2.07. The summed E-state index contributed by atoms with van der Waals surface area (Å²) in [7, 11) is 0. The molecule has 52 valence electrons. The summed E-state index contributed by atoms with van der Waals surface area (Å²) in [4.78, 5) is 11.6. The fourth-order valence-electron chi connectivity index (χ4n) is 0.299. The van der Waals surface area contributed by atoms with E-state index in [0.717, 1.165) is 0 Å². The average molecular weight is 194 g/mol. The highest BCUT2D eigenvalue weighted by atomic mass is 79.9. The molecule has 0 heterocycles. The summed E-state index contributed by atoms with van der Waals surface area (Å²) in [6.07, 6.45) is 2.01. The summed E-state index contributed by atoms with van der Waals surface area (Å²) in [6.45, 7) is 0. The predicted octanol–water partition coefficient (Wildman–Crippen LogP) is 0.697. The van der Waals surface area contributed by atoms with Gasteiger partial charge in [-0.15, -0.1) is 0 Å². The molecule has 0 aliphatic rings. The van der Waals surface area contributed by atoms with Crippen molar-refractivity contribution in [1.29, 1.82) is 0 Å². The lowest BCUT2D eigenvalue weighted by Crippen LogP contribution is -2.29. The first-order chi connectivity index (χ1) is 4.18. The largest absolute Gasteiger partial charge is 0.480 e. The van der Waals surface area contributed by atoms with Crippen molar-refractivity contribution in [2.45, 2.75) is 12.5 Å². The minimum Gasteiger partial charge on any atom is -0.480 e. The van der Waals surface area contributed by atoms with E-state index in [0.29, 0.717) is 6.42 Å². The number of hydrogen-bond donors (Lipinski definition) is 2. The number of hydrogen-bond acceptors (Lipinski definition) is 2. The molecule has 0 saturated heterocycles. The van der Waals surface area contributed by atoms with Crippen LogP contribution in [0.3, 0.4) is 0 Å². The van der Waals surface area contributed by atoms with Crippen LogP contribution in [-0.4, -0.2) is 17.1 Å². The molecule has 4 heteroatoms. The maximum atomic E-state index is 10.0. The predicted molar refractivity (Wildman–Crippen MR) is 38.3 cm³/mol. The lowest BCUT2D eigenvalue weighted by atomic mass is 10.2. The molecule has 9 heavy (non-hydrogen) atoms. The molecular weight excluding hydrogens is 186 g/mol. The first-order valence-corrected chi connectivity index (χ1v) is 3.33. The molecule has 0 radical (unpaired) electrons. The lowest BCUT2D eigenvalue weighted by molar-refractivity contribution is -0.138. The first-order valence-electron chi connectivity index (χ1n) is 2.42. The molecule has 0 aromatic rings. The van der Waals surface area contributed by atoms with Gasteiger partial charge in [0, 0.05) is 0 Å². The van der Waals surface area contributed by atoms with E-state index in [9.17, 15) is 4.79 Å². The molecule has 0 amide bonds. The quantitative estimate of drug-likeness (QED) is 0.694. The highest BCUT2D eigenvalue weighted by molar-refractivity contribution is 9.11. The van der Waals surface area contributed by atoms with Gasteiger partial charge in [0.1, 0.15) is 6.04 Å². The van der Waals surface area contributed by atoms with E-state index in [4.69, 9.17) is 10.8 Å². The average Bonchev–Trinajstić information content (AvgIpc) is 1.82.